The second-order valence-electron chi connectivity index (χ2n) is 4.38. The first-order valence-corrected chi connectivity index (χ1v) is 6.42. The molecule has 0 atom stereocenters. The van der Waals surface area contributed by atoms with E-state index in [2.05, 4.69) is 26.6 Å². The summed E-state index contributed by atoms with van der Waals surface area (Å²) in [5.74, 6) is 0. The van der Waals surface area contributed by atoms with E-state index in [0.29, 0.717) is 5.69 Å². The van der Waals surface area contributed by atoms with E-state index in [4.69, 9.17) is 5.26 Å². The largest absolute Gasteiger partial charge is 0.383 e. The quantitative estimate of drug-likeness (QED) is 0.746. The van der Waals surface area contributed by atoms with Crippen molar-refractivity contribution in [1.29, 1.82) is 5.26 Å². The zero-order valence-electron chi connectivity index (χ0n) is 10.5. The smallest absolute Gasteiger partial charge is 0.163 e. The van der Waals surface area contributed by atoms with Crippen molar-refractivity contribution in [3.05, 3.63) is 24.0 Å². The van der Waals surface area contributed by atoms with E-state index in [1.54, 1.807) is 6.20 Å². The Labute approximate surface area is 108 Å². The predicted octanol–water partition coefficient (Wildman–Crippen LogP) is 0.660. The van der Waals surface area contributed by atoms with E-state index in [0.717, 1.165) is 51.4 Å². The molecule has 1 aromatic rings. The van der Waals surface area contributed by atoms with Crippen molar-refractivity contribution in [3.8, 4) is 6.07 Å². The SMILES string of the molecule is N#Cc1ncccc1NCCCN1CCNCC1. The van der Waals surface area contributed by atoms with Gasteiger partial charge in [-0.25, -0.2) is 4.98 Å². The fraction of sp³-hybridized carbons (Fsp3) is 0.538. The van der Waals surface area contributed by atoms with E-state index in [-0.39, 0.29) is 0 Å². The summed E-state index contributed by atoms with van der Waals surface area (Å²) >= 11 is 0. The molecule has 1 aliphatic rings. The van der Waals surface area contributed by atoms with Crippen LogP contribution in [0.2, 0.25) is 0 Å². The summed E-state index contributed by atoms with van der Waals surface area (Å²) in [7, 11) is 0. The van der Waals surface area contributed by atoms with Crippen molar-refractivity contribution in [1.82, 2.24) is 15.2 Å². The van der Waals surface area contributed by atoms with Gasteiger partial charge in [-0.2, -0.15) is 5.26 Å². The minimum atomic E-state index is 0.472. The number of nitrogens with one attached hydrogen (secondary N) is 2. The summed E-state index contributed by atoms with van der Waals surface area (Å²) in [6.07, 6.45) is 2.73. The van der Waals surface area contributed by atoms with Crippen molar-refractivity contribution in [2.24, 2.45) is 0 Å². The molecular weight excluding hydrogens is 226 g/mol. The second kappa shape index (κ2) is 6.94. The summed E-state index contributed by atoms with van der Waals surface area (Å²) < 4.78 is 0. The van der Waals surface area contributed by atoms with E-state index < -0.39 is 0 Å². The zero-order valence-corrected chi connectivity index (χ0v) is 10.5. The van der Waals surface area contributed by atoms with Crippen LogP contribution < -0.4 is 10.6 Å². The Kier molecular flexibility index (Phi) is 4.94. The van der Waals surface area contributed by atoms with Crippen LogP contribution in [-0.4, -0.2) is 49.2 Å². The maximum Gasteiger partial charge on any atom is 0.163 e. The zero-order chi connectivity index (χ0) is 12.6. The van der Waals surface area contributed by atoms with Crippen molar-refractivity contribution in [2.45, 2.75) is 6.42 Å². The molecule has 0 spiro atoms. The van der Waals surface area contributed by atoms with Crippen molar-refractivity contribution >= 4 is 5.69 Å². The van der Waals surface area contributed by atoms with Crippen LogP contribution >= 0.6 is 0 Å². The molecule has 96 valence electrons. The van der Waals surface area contributed by atoms with Crippen molar-refractivity contribution < 1.29 is 0 Å². The van der Waals surface area contributed by atoms with E-state index >= 15 is 0 Å². The minimum Gasteiger partial charge on any atom is -0.383 e. The van der Waals surface area contributed by atoms with Crippen LogP contribution in [0.15, 0.2) is 18.3 Å². The molecule has 0 unspecified atom stereocenters. The molecule has 0 bridgehead atoms. The number of nitrogens with zero attached hydrogens (tertiary/aromatic N) is 3. The van der Waals surface area contributed by atoms with E-state index in [9.17, 15) is 0 Å². The van der Waals surface area contributed by atoms with Gasteiger partial charge in [0, 0.05) is 38.9 Å². The molecule has 18 heavy (non-hydrogen) atoms. The molecule has 2 N–H and O–H groups in total. The number of pyridine rings is 1. The van der Waals surface area contributed by atoms with Gasteiger partial charge in [0.2, 0.25) is 0 Å². The Morgan fingerprint density at radius 1 is 1.44 bits per heavy atom. The molecule has 0 amide bonds. The van der Waals surface area contributed by atoms with Crippen LogP contribution in [0.1, 0.15) is 12.1 Å². The third-order valence-electron chi connectivity index (χ3n) is 3.09. The van der Waals surface area contributed by atoms with Gasteiger partial charge in [0.05, 0.1) is 5.69 Å². The van der Waals surface area contributed by atoms with Gasteiger partial charge in [0.15, 0.2) is 5.69 Å². The third kappa shape index (κ3) is 3.69. The molecule has 0 aromatic carbocycles. The number of nitriles is 1. The topological polar surface area (TPSA) is 64.0 Å². The normalized spacial score (nSPS) is 16.2. The van der Waals surface area contributed by atoms with Gasteiger partial charge in [-0.15, -0.1) is 0 Å². The van der Waals surface area contributed by atoms with Gasteiger partial charge in [-0.3, -0.25) is 0 Å². The Balaban J connectivity index is 1.70. The molecule has 0 saturated carbocycles. The van der Waals surface area contributed by atoms with Gasteiger partial charge in [-0.05, 0) is 25.1 Å². The van der Waals surface area contributed by atoms with Gasteiger partial charge >= 0.3 is 0 Å². The maximum absolute atomic E-state index is 8.91. The van der Waals surface area contributed by atoms with Crippen LogP contribution in [0.3, 0.4) is 0 Å². The molecule has 5 nitrogen and oxygen atoms in total. The molecule has 5 heteroatoms. The van der Waals surface area contributed by atoms with Crippen LogP contribution in [-0.2, 0) is 0 Å². The van der Waals surface area contributed by atoms with Crippen molar-refractivity contribution in [2.75, 3.05) is 44.6 Å². The molecule has 0 radical (unpaired) electrons. The molecule has 1 aromatic heterocycles. The number of piperazine rings is 1. The summed E-state index contributed by atoms with van der Waals surface area (Å²) in [6, 6.07) is 5.84. The summed E-state index contributed by atoms with van der Waals surface area (Å²) in [5.41, 5.74) is 1.31. The molecule has 2 heterocycles. The van der Waals surface area contributed by atoms with Crippen LogP contribution in [0, 0.1) is 11.3 Å². The fourth-order valence-electron chi connectivity index (χ4n) is 2.10. The van der Waals surface area contributed by atoms with Crippen molar-refractivity contribution in [3.63, 3.8) is 0 Å². The van der Waals surface area contributed by atoms with Crippen LogP contribution in [0.5, 0.6) is 0 Å². The Bertz CT molecular complexity index is 406. The first-order chi connectivity index (χ1) is 8.90. The number of anilines is 1. The number of hydrogen-bond acceptors (Lipinski definition) is 5. The Hall–Kier alpha value is -1.64. The molecule has 2 rings (SSSR count). The van der Waals surface area contributed by atoms with E-state index in [1.807, 2.05) is 12.1 Å². The minimum absolute atomic E-state index is 0.472. The lowest BCUT2D eigenvalue weighted by Gasteiger charge is -2.27. The monoisotopic (exact) mass is 245 g/mol. The maximum atomic E-state index is 8.91. The standard InChI is InChI=1S/C13H19N5/c14-11-13-12(3-1-4-17-13)16-5-2-8-18-9-6-15-7-10-18/h1,3-4,15-16H,2,5-10H2. The fourth-order valence-corrected chi connectivity index (χ4v) is 2.10. The molecule has 1 fully saturated rings. The van der Waals surface area contributed by atoms with E-state index in [1.165, 1.54) is 0 Å². The lowest BCUT2D eigenvalue weighted by Crippen LogP contribution is -2.44. The first kappa shape index (κ1) is 12.8. The van der Waals surface area contributed by atoms with Gasteiger partial charge in [-0.1, -0.05) is 0 Å². The highest BCUT2D eigenvalue weighted by Gasteiger charge is 2.08. The third-order valence-corrected chi connectivity index (χ3v) is 3.09. The Morgan fingerprint density at radius 3 is 3.06 bits per heavy atom. The highest BCUT2D eigenvalue weighted by atomic mass is 15.2. The summed E-state index contributed by atoms with van der Waals surface area (Å²) in [6.45, 7) is 6.44. The predicted molar refractivity (Wildman–Crippen MR) is 71.4 cm³/mol. The highest BCUT2D eigenvalue weighted by Crippen LogP contribution is 2.10. The van der Waals surface area contributed by atoms with Gasteiger partial charge < -0.3 is 15.5 Å². The number of hydrogen-bond donors (Lipinski definition) is 2. The number of rotatable bonds is 5. The average Bonchev–Trinajstić information content (AvgIpc) is 2.45. The molecular formula is C13H19N5. The molecule has 1 saturated heterocycles. The average molecular weight is 245 g/mol. The van der Waals surface area contributed by atoms with Crippen LogP contribution in [0.25, 0.3) is 0 Å². The lowest BCUT2D eigenvalue weighted by atomic mass is 10.3. The number of aromatic nitrogens is 1. The highest BCUT2D eigenvalue weighted by molar-refractivity contribution is 5.53. The second-order valence-corrected chi connectivity index (χ2v) is 4.38. The first-order valence-electron chi connectivity index (χ1n) is 6.42. The summed E-state index contributed by atoms with van der Waals surface area (Å²) in [4.78, 5) is 6.49. The van der Waals surface area contributed by atoms with Crippen LogP contribution in [0.4, 0.5) is 5.69 Å². The molecule has 1 aliphatic heterocycles. The Morgan fingerprint density at radius 2 is 2.28 bits per heavy atom. The van der Waals surface area contributed by atoms with Gasteiger partial charge in [0.25, 0.3) is 0 Å². The lowest BCUT2D eigenvalue weighted by molar-refractivity contribution is 0.240. The molecule has 0 aliphatic carbocycles. The summed E-state index contributed by atoms with van der Waals surface area (Å²) in [5, 5.41) is 15.5. The van der Waals surface area contributed by atoms with Gasteiger partial charge in [0.1, 0.15) is 6.07 Å².